The molecule has 28 heavy (non-hydrogen) atoms. The maximum Gasteiger partial charge on any atom is 0.261 e. The van der Waals surface area contributed by atoms with Gasteiger partial charge in [0, 0.05) is 22.1 Å². The van der Waals surface area contributed by atoms with Gasteiger partial charge in [-0.3, -0.25) is 9.59 Å². The second-order valence-corrected chi connectivity index (χ2v) is 8.22. The van der Waals surface area contributed by atoms with Crippen molar-refractivity contribution in [1.29, 1.82) is 0 Å². The average Bonchev–Trinajstić information content (AvgIpc) is 2.67. The monoisotopic (exact) mass is 436 g/mol. The van der Waals surface area contributed by atoms with E-state index in [4.69, 9.17) is 0 Å². The first-order chi connectivity index (χ1) is 13.6. The highest BCUT2D eigenvalue weighted by Gasteiger charge is 2.39. The Hall–Kier alpha value is -2.66. The molecule has 1 heterocycles. The molecule has 0 atom stereocenters. The van der Waals surface area contributed by atoms with Crippen LogP contribution in [-0.4, -0.2) is 17.4 Å². The Labute approximate surface area is 172 Å². The minimum absolute atomic E-state index is 0.0455. The van der Waals surface area contributed by atoms with Crippen LogP contribution < -0.4 is 10.9 Å². The van der Waals surface area contributed by atoms with Gasteiger partial charge in [-0.05, 0) is 48.2 Å². The van der Waals surface area contributed by atoms with E-state index in [0.717, 1.165) is 29.3 Å². The van der Waals surface area contributed by atoms with Crippen LogP contribution in [-0.2, 0) is 5.41 Å². The van der Waals surface area contributed by atoms with Crippen LogP contribution in [0.3, 0.4) is 0 Å². The van der Waals surface area contributed by atoms with Gasteiger partial charge in [-0.1, -0.05) is 64.8 Å². The molecule has 2 aromatic carbocycles. The molecule has 0 aliphatic heterocycles. The van der Waals surface area contributed by atoms with Crippen molar-refractivity contribution in [2.75, 3.05) is 6.54 Å². The lowest BCUT2D eigenvalue weighted by molar-refractivity contribution is 0.0926. The van der Waals surface area contributed by atoms with E-state index in [1.54, 1.807) is 12.1 Å². The molecule has 0 saturated heterocycles. The second kappa shape index (κ2) is 7.76. The number of hydrogen-bond acceptors (Lipinski definition) is 2. The molecule has 1 aromatic heterocycles. The van der Waals surface area contributed by atoms with E-state index in [2.05, 4.69) is 38.4 Å². The van der Waals surface area contributed by atoms with Gasteiger partial charge >= 0.3 is 0 Å². The molecule has 142 valence electrons. The van der Waals surface area contributed by atoms with Crippen molar-refractivity contribution in [2.24, 2.45) is 0 Å². The van der Waals surface area contributed by atoms with Crippen LogP contribution in [0.4, 0.5) is 0 Å². The number of rotatable bonds is 5. The highest BCUT2D eigenvalue weighted by Crippen LogP contribution is 2.43. The minimum atomic E-state index is -0.371. The van der Waals surface area contributed by atoms with Gasteiger partial charge in [0.1, 0.15) is 5.56 Å². The highest BCUT2D eigenvalue weighted by molar-refractivity contribution is 9.10. The van der Waals surface area contributed by atoms with E-state index < -0.39 is 0 Å². The van der Waals surface area contributed by atoms with Crippen LogP contribution >= 0.6 is 15.9 Å². The third-order valence-corrected chi connectivity index (χ3v) is 6.07. The van der Waals surface area contributed by atoms with Gasteiger partial charge in [0.2, 0.25) is 0 Å². The molecule has 4 nitrogen and oxygen atoms in total. The summed E-state index contributed by atoms with van der Waals surface area (Å²) in [5, 5.41) is 2.99. The lowest BCUT2D eigenvalue weighted by Gasteiger charge is -2.42. The number of carbonyl (C=O) groups is 1. The molecule has 1 amide bonds. The van der Waals surface area contributed by atoms with Crippen LogP contribution in [0.15, 0.2) is 76.0 Å². The fraction of sp³-hybridized carbons (Fsp3) is 0.217. The Morgan fingerprint density at radius 1 is 1.04 bits per heavy atom. The van der Waals surface area contributed by atoms with Gasteiger partial charge in [-0.15, -0.1) is 0 Å². The van der Waals surface area contributed by atoms with Crippen molar-refractivity contribution in [2.45, 2.75) is 24.7 Å². The first-order valence-corrected chi connectivity index (χ1v) is 10.2. The van der Waals surface area contributed by atoms with Gasteiger partial charge in [-0.25, -0.2) is 0 Å². The molecule has 2 N–H and O–H groups in total. The number of carbonyl (C=O) groups excluding carboxylic acids is 1. The van der Waals surface area contributed by atoms with Crippen LogP contribution in [0, 0.1) is 0 Å². The Morgan fingerprint density at radius 2 is 1.82 bits per heavy atom. The van der Waals surface area contributed by atoms with Crippen molar-refractivity contribution in [3.63, 3.8) is 0 Å². The molecule has 0 radical (unpaired) electrons. The first-order valence-electron chi connectivity index (χ1n) is 9.40. The summed E-state index contributed by atoms with van der Waals surface area (Å²) in [6, 6.07) is 21.2. The normalized spacial score (nSPS) is 14.9. The summed E-state index contributed by atoms with van der Waals surface area (Å²) in [6.45, 7) is 0.530. The zero-order valence-corrected chi connectivity index (χ0v) is 17.0. The minimum Gasteiger partial charge on any atom is -0.351 e. The smallest absolute Gasteiger partial charge is 0.261 e. The first kappa shape index (κ1) is 18.7. The molecule has 1 fully saturated rings. The largest absolute Gasteiger partial charge is 0.351 e. The molecule has 4 rings (SSSR count). The van der Waals surface area contributed by atoms with Crippen LogP contribution in [0.25, 0.3) is 11.3 Å². The number of hydrogen-bond donors (Lipinski definition) is 2. The molecule has 3 aromatic rings. The predicted octanol–water partition coefficient (Wildman–Crippen LogP) is 4.66. The van der Waals surface area contributed by atoms with Gasteiger partial charge in [0.15, 0.2) is 0 Å². The molecule has 5 heteroatoms. The van der Waals surface area contributed by atoms with Crippen molar-refractivity contribution in [3.8, 4) is 11.3 Å². The summed E-state index contributed by atoms with van der Waals surface area (Å²) in [4.78, 5) is 27.9. The van der Waals surface area contributed by atoms with E-state index in [-0.39, 0.29) is 22.4 Å². The zero-order chi connectivity index (χ0) is 19.6. The SMILES string of the molecule is O=C(NCC1(c2cccc(Br)c2)CCC1)c1ccc(-c2ccccc2)[nH]c1=O. The third kappa shape index (κ3) is 3.67. The molecule has 0 bridgehead atoms. The van der Waals surface area contributed by atoms with Gasteiger partial charge < -0.3 is 10.3 Å². The summed E-state index contributed by atoms with van der Waals surface area (Å²) >= 11 is 3.53. The van der Waals surface area contributed by atoms with Crippen molar-refractivity contribution < 1.29 is 4.79 Å². The van der Waals surface area contributed by atoms with Crippen LogP contribution in [0.1, 0.15) is 35.2 Å². The van der Waals surface area contributed by atoms with Gasteiger partial charge in [0.05, 0.1) is 0 Å². The van der Waals surface area contributed by atoms with E-state index in [1.807, 2.05) is 42.5 Å². The number of aromatic amines is 1. The number of pyridine rings is 1. The second-order valence-electron chi connectivity index (χ2n) is 7.31. The molecule has 1 aliphatic rings. The van der Waals surface area contributed by atoms with Crippen molar-refractivity contribution >= 4 is 21.8 Å². The van der Waals surface area contributed by atoms with E-state index in [0.29, 0.717) is 12.2 Å². The number of aromatic nitrogens is 1. The lowest BCUT2D eigenvalue weighted by atomic mass is 9.64. The maximum absolute atomic E-state index is 12.7. The number of benzene rings is 2. The predicted molar refractivity (Wildman–Crippen MR) is 115 cm³/mol. The molecule has 1 saturated carbocycles. The van der Waals surface area contributed by atoms with Crippen LogP contribution in [0.5, 0.6) is 0 Å². The zero-order valence-electron chi connectivity index (χ0n) is 15.4. The molecular weight excluding hydrogens is 416 g/mol. The Bertz CT molecular complexity index is 1060. The molecular formula is C23H21BrN2O2. The van der Waals surface area contributed by atoms with Crippen molar-refractivity contribution in [1.82, 2.24) is 10.3 Å². The fourth-order valence-electron chi connectivity index (χ4n) is 3.77. The highest BCUT2D eigenvalue weighted by atomic mass is 79.9. The Morgan fingerprint density at radius 3 is 2.46 bits per heavy atom. The summed E-state index contributed by atoms with van der Waals surface area (Å²) < 4.78 is 1.04. The fourth-order valence-corrected chi connectivity index (χ4v) is 4.17. The Balaban J connectivity index is 1.50. The molecule has 0 spiro atoms. The standard InChI is InChI=1S/C23H21BrN2O2/c24-18-9-4-8-17(14-18)23(12-5-13-23)15-25-21(27)19-10-11-20(26-22(19)28)16-6-2-1-3-7-16/h1-4,6-11,14H,5,12-13,15H2,(H,25,27)(H,26,28). The average molecular weight is 437 g/mol. The lowest BCUT2D eigenvalue weighted by Crippen LogP contribution is -2.46. The van der Waals surface area contributed by atoms with E-state index >= 15 is 0 Å². The summed E-state index contributed by atoms with van der Waals surface area (Å²) in [5.74, 6) is -0.331. The summed E-state index contributed by atoms with van der Waals surface area (Å²) in [5.41, 5.74) is 2.56. The van der Waals surface area contributed by atoms with E-state index in [1.165, 1.54) is 5.56 Å². The number of nitrogens with one attached hydrogen (secondary N) is 2. The quantitative estimate of drug-likeness (QED) is 0.610. The van der Waals surface area contributed by atoms with Gasteiger partial charge in [0.25, 0.3) is 11.5 Å². The number of H-pyrrole nitrogens is 1. The molecule has 0 unspecified atom stereocenters. The van der Waals surface area contributed by atoms with Crippen molar-refractivity contribution in [3.05, 3.63) is 92.7 Å². The molecule has 1 aliphatic carbocycles. The Kier molecular flexibility index (Phi) is 5.18. The summed E-state index contributed by atoms with van der Waals surface area (Å²) in [7, 11) is 0. The van der Waals surface area contributed by atoms with Crippen LogP contribution in [0.2, 0.25) is 0 Å². The van der Waals surface area contributed by atoms with Gasteiger partial charge in [-0.2, -0.15) is 0 Å². The maximum atomic E-state index is 12.7. The summed E-state index contributed by atoms with van der Waals surface area (Å²) in [6.07, 6.45) is 3.22. The number of halogens is 1. The van der Waals surface area contributed by atoms with E-state index in [9.17, 15) is 9.59 Å². The topological polar surface area (TPSA) is 62.0 Å². The number of amides is 1. The third-order valence-electron chi connectivity index (χ3n) is 5.57.